The molecule has 0 spiro atoms. The Hall–Kier alpha value is -1.94. The Kier molecular flexibility index (Phi) is 56.6. The Morgan fingerprint density at radius 1 is 0.287 bits per heavy atom. The molecule has 17 nitrogen and oxygen atoms in total. The Morgan fingerprint density at radius 3 is 0.713 bits per heavy atom. The summed E-state index contributed by atoms with van der Waals surface area (Å²) in [5.74, 6) is 0.793. The van der Waals surface area contributed by atoms with Crippen LogP contribution in [0.25, 0.3) is 0 Å². The van der Waals surface area contributed by atoms with E-state index in [1.165, 1.54) is 128 Å². The maximum absolute atomic E-state index is 13.0. The van der Waals surface area contributed by atoms with Crippen molar-refractivity contribution >= 4 is 39.5 Å². The predicted molar refractivity (Wildman–Crippen MR) is 349 cm³/mol. The minimum absolute atomic E-state index is 0.104. The first-order valence-electron chi connectivity index (χ1n) is 35.2. The molecular formula is C68H132O17P2. The van der Waals surface area contributed by atoms with E-state index in [4.69, 9.17) is 37.0 Å². The molecule has 0 radical (unpaired) electrons. The van der Waals surface area contributed by atoms with Crippen molar-refractivity contribution in [1.29, 1.82) is 0 Å². The van der Waals surface area contributed by atoms with E-state index in [0.29, 0.717) is 31.6 Å². The number of hydrogen-bond acceptors (Lipinski definition) is 15. The van der Waals surface area contributed by atoms with Gasteiger partial charge in [0, 0.05) is 25.7 Å². The number of phosphoric ester groups is 2. The highest BCUT2D eigenvalue weighted by atomic mass is 31.2. The number of ether oxygens (including phenoxy) is 4. The van der Waals surface area contributed by atoms with E-state index >= 15 is 0 Å². The zero-order valence-electron chi connectivity index (χ0n) is 56.6. The highest BCUT2D eigenvalue weighted by molar-refractivity contribution is 7.47. The lowest BCUT2D eigenvalue weighted by atomic mass is 10.0. The summed E-state index contributed by atoms with van der Waals surface area (Å²) in [7, 11) is -9.90. The van der Waals surface area contributed by atoms with Crippen LogP contribution in [0.3, 0.4) is 0 Å². The summed E-state index contributed by atoms with van der Waals surface area (Å²) in [5.41, 5.74) is 0. The van der Waals surface area contributed by atoms with Crippen LogP contribution in [0.15, 0.2) is 0 Å². The Morgan fingerprint density at radius 2 is 0.483 bits per heavy atom. The van der Waals surface area contributed by atoms with Crippen LogP contribution in [0.4, 0.5) is 0 Å². The first kappa shape index (κ1) is 85.1. The van der Waals surface area contributed by atoms with E-state index in [-0.39, 0.29) is 25.7 Å². The largest absolute Gasteiger partial charge is 0.472 e. The van der Waals surface area contributed by atoms with Crippen molar-refractivity contribution < 1.29 is 80.2 Å². The summed E-state index contributed by atoms with van der Waals surface area (Å²) < 4.78 is 68.2. The summed E-state index contributed by atoms with van der Waals surface area (Å²) in [5, 5.41) is 10.6. The van der Waals surface area contributed by atoms with Gasteiger partial charge in [-0.3, -0.25) is 37.3 Å². The van der Waals surface area contributed by atoms with Crippen molar-refractivity contribution in [3.63, 3.8) is 0 Å². The molecule has 0 rings (SSSR count). The zero-order chi connectivity index (χ0) is 64.7. The third-order valence-corrected chi connectivity index (χ3v) is 17.5. The lowest BCUT2D eigenvalue weighted by Crippen LogP contribution is -2.30. The number of aliphatic hydroxyl groups excluding tert-OH is 1. The molecule has 5 atom stereocenters. The maximum Gasteiger partial charge on any atom is 0.472 e. The van der Waals surface area contributed by atoms with Crippen molar-refractivity contribution in [2.45, 2.75) is 350 Å². The van der Waals surface area contributed by atoms with E-state index in [2.05, 4.69) is 55.4 Å². The maximum atomic E-state index is 13.0. The summed E-state index contributed by atoms with van der Waals surface area (Å²) in [4.78, 5) is 72.4. The van der Waals surface area contributed by atoms with Gasteiger partial charge in [0.2, 0.25) is 0 Å². The van der Waals surface area contributed by atoms with Gasteiger partial charge in [0.25, 0.3) is 0 Å². The lowest BCUT2D eigenvalue weighted by molar-refractivity contribution is -0.161. The fourth-order valence-corrected chi connectivity index (χ4v) is 11.7. The van der Waals surface area contributed by atoms with E-state index in [0.717, 1.165) is 114 Å². The molecule has 87 heavy (non-hydrogen) atoms. The van der Waals surface area contributed by atoms with Gasteiger partial charge >= 0.3 is 39.5 Å². The minimum atomic E-state index is -4.95. The van der Waals surface area contributed by atoms with Gasteiger partial charge in [-0.15, -0.1) is 0 Å². The Balaban J connectivity index is 5.26. The Bertz CT molecular complexity index is 1730. The number of carbonyl (C=O) groups is 4. The average Bonchev–Trinajstić information content (AvgIpc) is 3.48. The SMILES string of the molecule is CC(C)CCCCCCCCCCCCC(=O)O[C@H](COC(=O)CCCCCCCCCCCC(C)C)COP(=O)(O)OC[C@@H](O)COP(=O)(O)OC[C@@H](COC(=O)CCCCCCCCC(C)C)OC(=O)CCCCCCCCCCCCC(C)C. The number of phosphoric acid groups is 2. The lowest BCUT2D eigenvalue weighted by Gasteiger charge is -2.21. The van der Waals surface area contributed by atoms with Crippen LogP contribution in [0.2, 0.25) is 0 Å². The molecule has 0 amide bonds. The molecule has 2 unspecified atom stereocenters. The summed E-state index contributed by atoms with van der Waals surface area (Å²) in [6.45, 7) is 14.0. The molecule has 0 saturated carbocycles. The van der Waals surface area contributed by atoms with Crippen molar-refractivity contribution in [3.05, 3.63) is 0 Å². The minimum Gasteiger partial charge on any atom is -0.462 e. The molecule has 516 valence electrons. The molecule has 0 aliphatic heterocycles. The monoisotopic (exact) mass is 1280 g/mol. The third kappa shape index (κ3) is 62.6. The second kappa shape index (κ2) is 57.9. The average molecular weight is 1280 g/mol. The topological polar surface area (TPSA) is 237 Å². The van der Waals surface area contributed by atoms with Gasteiger partial charge < -0.3 is 33.8 Å². The standard InChI is InChI=1S/C68H132O17P2/c1-58(2)44-36-28-20-14-9-11-17-24-34-42-50-67(72)84-63(54-78-65(70)48-40-32-23-19-13-16-22-30-38-46-60(5)6)56-82-86(74,75)80-52-62(69)53-81-87(76,77)83-57-64(55-79-66(71)49-41-33-27-26-31-39-47-61(7)8)85-68(73)51-43-35-25-18-12-10-15-21-29-37-45-59(3)4/h58-64,69H,9-57H2,1-8H3,(H,74,75)(H,76,77)/t62-,63-,64-/m1/s1. The molecule has 0 aliphatic carbocycles. The van der Waals surface area contributed by atoms with Crippen molar-refractivity contribution in [3.8, 4) is 0 Å². The van der Waals surface area contributed by atoms with Crippen LogP contribution in [0, 0.1) is 23.7 Å². The first-order valence-corrected chi connectivity index (χ1v) is 38.2. The molecule has 0 saturated heterocycles. The molecule has 0 fully saturated rings. The van der Waals surface area contributed by atoms with Gasteiger partial charge in [-0.2, -0.15) is 0 Å². The van der Waals surface area contributed by atoms with Crippen LogP contribution < -0.4 is 0 Å². The van der Waals surface area contributed by atoms with Gasteiger partial charge in [-0.05, 0) is 49.4 Å². The van der Waals surface area contributed by atoms with Gasteiger partial charge in [-0.1, -0.05) is 280 Å². The molecular weight excluding hydrogens is 1150 g/mol. The number of rotatable bonds is 65. The van der Waals surface area contributed by atoms with E-state index in [9.17, 15) is 43.2 Å². The van der Waals surface area contributed by atoms with E-state index in [1.54, 1.807) is 0 Å². The van der Waals surface area contributed by atoms with Crippen LogP contribution in [-0.4, -0.2) is 96.7 Å². The molecule has 0 aromatic carbocycles. The fourth-order valence-electron chi connectivity index (χ4n) is 10.1. The highest BCUT2D eigenvalue weighted by Gasteiger charge is 2.30. The quantitative estimate of drug-likeness (QED) is 0.0222. The highest BCUT2D eigenvalue weighted by Crippen LogP contribution is 2.45. The zero-order valence-corrected chi connectivity index (χ0v) is 58.4. The molecule has 0 aliphatic rings. The van der Waals surface area contributed by atoms with Gasteiger partial charge in [0.1, 0.15) is 19.3 Å². The van der Waals surface area contributed by atoms with Crippen molar-refractivity contribution in [1.82, 2.24) is 0 Å². The second-order valence-electron chi connectivity index (χ2n) is 26.5. The molecule has 0 aromatic heterocycles. The van der Waals surface area contributed by atoms with Gasteiger partial charge in [0.15, 0.2) is 12.2 Å². The summed E-state index contributed by atoms with van der Waals surface area (Å²) in [6, 6.07) is 0. The molecule has 19 heteroatoms. The van der Waals surface area contributed by atoms with Crippen molar-refractivity contribution in [2.75, 3.05) is 39.6 Å². The second-order valence-corrected chi connectivity index (χ2v) is 29.4. The van der Waals surface area contributed by atoms with E-state index < -0.39 is 97.5 Å². The molecule has 0 aromatic rings. The number of esters is 4. The molecule has 0 bridgehead atoms. The number of carbonyl (C=O) groups excluding carboxylic acids is 4. The fraction of sp³-hybridized carbons (Fsp3) is 0.941. The normalized spacial score (nSPS) is 14.3. The van der Waals surface area contributed by atoms with Crippen molar-refractivity contribution in [2.24, 2.45) is 23.7 Å². The molecule has 0 heterocycles. The van der Waals surface area contributed by atoms with Crippen LogP contribution >= 0.6 is 15.6 Å². The predicted octanol–water partition coefficient (Wildman–Crippen LogP) is 18.9. The van der Waals surface area contributed by atoms with Gasteiger partial charge in [-0.25, -0.2) is 9.13 Å². The third-order valence-electron chi connectivity index (χ3n) is 15.6. The van der Waals surface area contributed by atoms with Crippen LogP contribution in [0.1, 0.15) is 331 Å². The van der Waals surface area contributed by atoms with E-state index in [1.807, 2.05) is 0 Å². The number of unbranched alkanes of at least 4 members (excludes halogenated alkanes) is 31. The summed E-state index contributed by atoms with van der Waals surface area (Å²) in [6.07, 6.45) is 39.1. The Labute approximate surface area is 530 Å². The number of hydrogen-bond donors (Lipinski definition) is 3. The smallest absolute Gasteiger partial charge is 0.462 e. The first-order chi connectivity index (χ1) is 41.6. The molecule has 3 N–H and O–H groups in total. The van der Waals surface area contributed by atoms with Gasteiger partial charge in [0.05, 0.1) is 26.4 Å². The summed E-state index contributed by atoms with van der Waals surface area (Å²) >= 11 is 0. The number of aliphatic hydroxyl groups is 1. The van der Waals surface area contributed by atoms with Crippen LogP contribution in [-0.2, 0) is 65.4 Å². The van der Waals surface area contributed by atoms with Crippen LogP contribution in [0.5, 0.6) is 0 Å².